The summed E-state index contributed by atoms with van der Waals surface area (Å²) in [6.07, 6.45) is 0. The number of halogens is 3. The van der Waals surface area contributed by atoms with Gasteiger partial charge in [-0.15, -0.1) is 12.4 Å². The van der Waals surface area contributed by atoms with Crippen molar-refractivity contribution in [2.24, 2.45) is 0 Å². The molecule has 0 amide bonds. The minimum Gasteiger partial charge on any atom is -0.314 e. The van der Waals surface area contributed by atoms with Gasteiger partial charge in [0.25, 0.3) is 0 Å². The number of nitrogens with one attached hydrogen (secondary N) is 1. The maximum absolute atomic E-state index is 12.6. The molecule has 0 aromatic heterocycles. The van der Waals surface area contributed by atoms with E-state index in [1.54, 1.807) is 12.1 Å². The zero-order chi connectivity index (χ0) is 13.3. The molecule has 1 saturated heterocycles. The summed E-state index contributed by atoms with van der Waals surface area (Å²) in [7, 11) is -3.53. The lowest BCUT2D eigenvalue weighted by Gasteiger charge is -2.33. The first-order chi connectivity index (χ1) is 8.44. The van der Waals surface area contributed by atoms with Crippen LogP contribution in [0.25, 0.3) is 0 Å². The highest BCUT2D eigenvalue weighted by Gasteiger charge is 2.32. The minimum absolute atomic E-state index is 0. The number of sulfonamides is 1. The molecule has 1 aliphatic rings. The van der Waals surface area contributed by atoms with Crippen LogP contribution in [0.15, 0.2) is 27.6 Å². The molecule has 1 aromatic carbocycles. The molecule has 4 nitrogen and oxygen atoms in total. The predicted octanol–water partition coefficient (Wildman–Crippen LogP) is 2.51. The van der Waals surface area contributed by atoms with E-state index in [9.17, 15) is 8.42 Å². The van der Waals surface area contributed by atoms with Gasteiger partial charge in [-0.1, -0.05) is 17.7 Å². The monoisotopic (exact) mass is 388 g/mol. The molecule has 1 aliphatic heterocycles. The van der Waals surface area contributed by atoms with Crippen molar-refractivity contribution in [3.8, 4) is 0 Å². The molecule has 0 spiro atoms. The van der Waals surface area contributed by atoms with E-state index >= 15 is 0 Å². The Balaban J connectivity index is 0.00000180. The second kappa shape index (κ2) is 6.74. The highest BCUT2D eigenvalue weighted by Crippen LogP contribution is 2.31. The van der Waals surface area contributed by atoms with Crippen LogP contribution in [-0.2, 0) is 10.0 Å². The smallest absolute Gasteiger partial charge is 0.244 e. The first-order valence-electron chi connectivity index (χ1n) is 5.61. The van der Waals surface area contributed by atoms with Gasteiger partial charge in [-0.2, -0.15) is 4.31 Å². The van der Waals surface area contributed by atoms with Crippen molar-refractivity contribution in [3.63, 3.8) is 0 Å². The van der Waals surface area contributed by atoms with Crippen LogP contribution in [0.1, 0.15) is 6.92 Å². The van der Waals surface area contributed by atoms with Crippen LogP contribution in [0.5, 0.6) is 0 Å². The molecule has 2 rings (SSSR count). The molecule has 0 radical (unpaired) electrons. The van der Waals surface area contributed by atoms with E-state index in [0.717, 1.165) is 0 Å². The lowest BCUT2D eigenvalue weighted by atomic mass is 10.3. The van der Waals surface area contributed by atoms with Crippen LogP contribution < -0.4 is 5.32 Å². The highest BCUT2D eigenvalue weighted by molar-refractivity contribution is 9.10. The highest BCUT2D eigenvalue weighted by atomic mass is 79.9. The summed E-state index contributed by atoms with van der Waals surface area (Å²) in [6.45, 7) is 3.67. The third kappa shape index (κ3) is 3.43. The fraction of sp³-hybridized carbons (Fsp3) is 0.455. The Hall–Kier alpha value is 0.150. The molecular formula is C11H15BrCl2N2O2S. The summed E-state index contributed by atoms with van der Waals surface area (Å²) in [4.78, 5) is 0.160. The summed E-state index contributed by atoms with van der Waals surface area (Å²) >= 11 is 9.33. The number of hydrogen-bond acceptors (Lipinski definition) is 3. The summed E-state index contributed by atoms with van der Waals surface area (Å²) in [5.74, 6) is 0. The third-order valence-corrected chi connectivity index (χ3v) is 6.41. The summed E-state index contributed by atoms with van der Waals surface area (Å²) < 4.78 is 27.2. The van der Waals surface area contributed by atoms with Crippen LogP contribution in [0, 0.1) is 0 Å². The van der Waals surface area contributed by atoms with Crippen molar-refractivity contribution < 1.29 is 8.42 Å². The van der Waals surface area contributed by atoms with E-state index in [1.807, 2.05) is 6.92 Å². The Morgan fingerprint density at radius 1 is 1.47 bits per heavy atom. The van der Waals surface area contributed by atoms with Crippen LogP contribution in [0.4, 0.5) is 0 Å². The van der Waals surface area contributed by atoms with Gasteiger partial charge in [-0.25, -0.2) is 8.42 Å². The predicted molar refractivity (Wildman–Crippen MR) is 82.6 cm³/mol. The minimum atomic E-state index is -3.53. The molecule has 1 N–H and O–H groups in total. The molecule has 0 saturated carbocycles. The maximum Gasteiger partial charge on any atom is 0.244 e. The molecule has 1 aromatic rings. The van der Waals surface area contributed by atoms with Crippen molar-refractivity contribution >= 4 is 50.0 Å². The zero-order valence-electron chi connectivity index (χ0n) is 10.3. The quantitative estimate of drug-likeness (QED) is 0.845. The van der Waals surface area contributed by atoms with Crippen molar-refractivity contribution in [3.05, 3.63) is 27.7 Å². The molecule has 19 heavy (non-hydrogen) atoms. The summed E-state index contributed by atoms with van der Waals surface area (Å²) in [5.41, 5.74) is 0. The van der Waals surface area contributed by atoms with Gasteiger partial charge in [0.05, 0.1) is 5.02 Å². The SMILES string of the molecule is C[C@H]1CNCCN1S(=O)(=O)c1cccc(Br)c1Cl.Cl. The van der Waals surface area contributed by atoms with Gasteiger partial charge < -0.3 is 5.32 Å². The van der Waals surface area contributed by atoms with Gasteiger partial charge in [-0.05, 0) is 35.0 Å². The molecule has 1 fully saturated rings. The fourth-order valence-corrected chi connectivity index (χ4v) is 4.62. The van der Waals surface area contributed by atoms with Gasteiger partial charge >= 0.3 is 0 Å². The van der Waals surface area contributed by atoms with Gasteiger partial charge in [0.2, 0.25) is 10.0 Å². The number of rotatable bonds is 2. The largest absolute Gasteiger partial charge is 0.314 e. The van der Waals surface area contributed by atoms with Crippen molar-refractivity contribution in [1.82, 2.24) is 9.62 Å². The third-order valence-electron chi connectivity index (χ3n) is 2.94. The van der Waals surface area contributed by atoms with Crippen LogP contribution in [0.3, 0.4) is 0 Å². The topological polar surface area (TPSA) is 49.4 Å². The first kappa shape index (κ1) is 17.2. The molecule has 108 valence electrons. The zero-order valence-corrected chi connectivity index (χ0v) is 14.2. The molecule has 0 bridgehead atoms. The Bertz CT molecular complexity index is 554. The Kier molecular flexibility index (Phi) is 6.10. The van der Waals surface area contributed by atoms with Gasteiger partial charge in [-0.3, -0.25) is 0 Å². The molecule has 1 atom stereocenters. The van der Waals surface area contributed by atoms with Crippen LogP contribution >= 0.6 is 39.9 Å². The number of nitrogens with zero attached hydrogens (tertiary/aromatic N) is 1. The lowest BCUT2D eigenvalue weighted by Crippen LogP contribution is -2.52. The van der Waals surface area contributed by atoms with E-state index in [-0.39, 0.29) is 28.4 Å². The fourth-order valence-electron chi connectivity index (χ4n) is 1.99. The van der Waals surface area contributed by atoms with Gasteiger partial charge in [0.15, 0.2) is 0 Å². The summed E-state index contributed by atoms with van der Waals surface area (Å²) in [6, 6.07) is 4.87. The van der Waals surface area contributed by atoms with E-state index in [4.69, 9.17) is 11.6 Å². The Labute approximate surface area is 133 Å². The maximum atomic E-state index is 12.6. The van der Waals surface area contributed by atoms with Crippen LogP contribution in [-0.4, -0.2) is 38.4 Å². The normalized spacial score (nSPS) is 20.9. The van der Waals surface area contributed by atoms with E-state index in [0.29, 0.717) is 24.1 Å². The van der Waals surface area contributed by atoms with Crippen molar-refractivity contribution in [2.45, 2.75) is 17.9 Å². The molecule has 8 heteroatoms. The Morgan fingerprint density at radius 3 is 2.79 bits per heavy atom. The lowest BCUT2D eigenvalue weighted by molar-refractivity contribution is 0.284. The van der Waals surface area contributed by atoms with Crippen LogP contribution in [0.2, 0.25) is 5.02 Å². The molecular weight excluding hydrogens is 375 g/mol. The van der Waals surface area contributed by atoms with Gasteiger partial charge in [0, 0.05) is 30.1 Å². The number of hydrogen-bond donors (Lipinski definition) is 1. The van der Waals surface area contributed by atoms with Crippen molar-refractivity contribution in [1.29, 1.82) is 0 Å². The molecule has 1 heterocycles. The molecule has 0 unspecified atom stereocenters. The van der Waals surface area contributed by atoms with E-state index in [2.05, 4.69) is 21.2 Å². The first-order valence-corrected chi connectivity index (χ1v) is 8.22. The second-order valence-electron chi connectivity index (χ2n) is 4.22. The second-order valence-corrected chi connectivity index (χ2v) is 7.31. The summed E-state index contributed by atoms with van der Waals surface area (Å²) in [5, 5.41) is 3.40. The Morgan fingerprint density at radius 2 is 2.16 bits per heavy atom. The van der Waals surface area contributed by atoms with Crippen molar-refractivity contribution in [2.75, 3.05) is 19.6 Å². The molecule has 0 aliphatic carbocycles. The van der Waals surface area contributed by atoms with Gasteiger partial charge in [0.1, 0.15) is 4.90 Å². The standard InChI is InChI=1S/C11H14BrClN2O2S.ClH/c1-8-7-14-5-6-15(8)18(16,17)10-4-2-3-9(12)11(10)13;/h2-4,8,14H,5-7H2,1H3;1H/t8-;/m0./s1. The average Bonchev–Trinajstić information content (AvgIpc) is 2.32. The van der Waals surface area contributed by atoms with E-state index in [1.165, 1.54) is 10.4 Å². The van der Waals surface area contributed by atoms with E-state index < -0.39 is 10.0 Å². The number of benzene rings is 1. The average molecular weight is 390 g/mol. The number of piperazine rings is 1.